The number of pyridine rings is 1. The van der Waals surface area contributed by atoms with Crippen LogP contribution in [0, 0.1) is 0 Å². The fourth-order valence-corrected chi connectivity index (χ4v) is 2.51. The van der Waals surface area contributed by atoms with E-state index in [-0.39, 0.29) is 5.91 Å². The lowest BCUT2D eigenvalue weighted by atomic mass is 10.2. The highest BCUT2D eigenvalue weighted by molar-refractivity contribution is 6.29. The van der Waals surface area contributed by atoms with Gasteiger partial charge in [-0.25, -0.2) is 4.98 Å². The van der Waals surface area contributed by atoms with E-state index in [0.29, 0.717) is 36.3 Å². The van der Waals surface area contributed by atoms with E-state index in [1.54, 1.807) is 18.3 Å². The number of ether oxygens (including phenoxy) is 1. The summed E-state index contributed by atoms with van der Waals surface area (Å²) < 4.78 is 5.72. The minimum Gasteiger partial charge on any atom is -0.492 e. The average molecular weight is 404 g/mol. The molecule has 0 bridgehead atoms. The first kappa shape index (κ1) is 21.5. The summed E-state index contributed by atoms with van der Waals surface area (Å²) in [4.78, 5) is 19.7. The lowest BCUT2D eigenvalue weighted by Gasteiger charge is -2.12. The number of rotatable bonds is 9. The maximum atomic E-state index is 11.1. The Kier molecular flexibility index (Phi) is 9.07. The van der Waals surface area contributed by atoms with Crippen LogP contribution in [0.3, 0.4) is 0 Å². The Bertz CT molecular complexity index is 780. The first-order valence-electron chi connectivity index (χ1n) is 9.20. The summed E-state index contributed by atoms with van der Waals surface area (Å²) in [6.07, 6.45) is 2.55. The molecule has 2 aromatic rings. The van der Waals surface area contributed by atoms with Crippen LogP contribution in [-0.2, 0) is 11.2 Å². The third-order valence-electron chi connectivity index (χ3n) is 3.62. The third kappa shape index (κ3) is 8.26. The number of aliphatic imine (C=N–C) groups is 1. The lowest BCUT2D eigenvalue weighted by Crippen LogP contribution is -2.39. The molecule has 1 aromatic carbocycles. The highest BCUT2D eigenvalue weighted by Gasteiger charge is 2.01. The number of amides is 1. The van der Waals surface area contributed by atoms with Gasteiger partial charge in [0.2, 0.25) is 5.91 Å². The minimum atomic E-state index is -0.111. The smallest absolute Gasteiger partial charge is 0.221 e. The van der Waals surface area contributed by atoms with Gasteiger partial charge in [-0.1, -0.05) is 23.7 Å². The van der Waals surface area contributed by atoms with Gasteiger partial charge in [-0.3, -0.25) is 9.79 Å². The largest absolute Gasteiger partial charge is 0.492 e. The SMILES string of the molecule is CCNC(=NCCc1ccc(Cl)nc1)NCCOc1cccc(NC(C)=O)c1. The van der Waals surface area contributed by atoms with Crippen LogP contribution in [0.5, 0.6) is 5.75 Å². The second-order valence-corrected chi connectivity index (χ2v) is 6.37. The van der Waals surface area contributed by atoms with Crippen LogP contribution in [0.25, 0.3) is 0 Å². The van der Waals surface area contributed by atoms with Gasteiger partial charge in [-0.15, -0.1) is 0 Å². The second kappa shape index (κ2) is 11.8. The molecule has 0 aliphatic carbocycles. The molecular weight excluding hydrogens is 378 g/mol. The van der Waals surface area contributed by atoms with Crippen LogP contribution in [0.2, 0.25) is 5.15 Å². The molecule has 0 radical (unpaired) electrons. The first-order valence-corrected chi connectivity index (χ1v) is 9.57. The van der Waals surface area contributed by atoms with E-state index in [4.69, 9.17) is 16.3 Å². The molecule has 0 saturated carbocycles. The molecule has 0 spiro atoms. The Balaban J connectivity index is 1.76. The number of anilines is 1. The fourth-order valence-electron chi connectivity index (χ4n) is 2.40. The zero-order valence-electron chi connectivity index (χ0n) is 16.2. The number of aromatic nitrogens is 1. The van der Waals surface area contributed by atoms with Crippen LogP contribution < -0.4 is 20.7 Å². The van der Waals surface area contributed by atoms with E-state index in [9.17, 15) is 4.79 Å². The van der Waals surface area contributed by atoms with Crippen LogP contribution in [0.4, 0.5) is 5.69 Å². The van der Waals surface area contributed by atoms with Crippen molar-refractivity contribution < 1.29 is 9.53 Å². The Morgan fingerprint density at radius 3 is 2.82 bits per heavy atom. The maximum absolute atomic E-state index is 11.1. The van der Waals surface area contributed by atoms with Gasteiger partial charge >= 0.3 is 0 Å². The first-order chi connectivity index (χ1) is 13.6. The van der Waals surface area contributed by atoms with Gasteiger partial charge in [-0.05, 0) is 37.1 Å². The van der Waals surface area contributed by atoms with Gasteiger partial charge in [0, 0.05) is 38.0 Å². The molecule has 0 aliphatic heterocycles. The molecule has 0 fully saturated rings. The van der Waals surface area contributed by atoms with Crippen molar-refractivity contribution in [2.24, 2.45) is 4.99 Å². The molecule has 7 nitrogen and oxygen atoms in total. The summed E-state index contributed by atoms with van der Waals surface area (Å²) in [5.74, 6) is 1.32. The third-order valence-corrected chi connectivity index (χ3v) is 3.84. The van der Waals surface area contributed by atoms with Crippen molar-refractivity contribution in [2.45, 2.75) is 20.3 Å². The summed E-state index contributed by atoms with van der Waals surface area (Å²) in [5, 5.41) is 9.67. The van der Waals surface area contributed by atoms with E-state index >= 15 is 0 Å². The van der Waals surface area contributed by atoms with Crippen LogP contribution in [0.15, 0.2) is 47.6 Å². The number of halogens is 1. The molecule has 1 amide bonds. The van der Waals surface area contributed by atoms with Crippen LogP contribution in [0.1, 0.15) is 19.4 Å². The van der Waals surface area contributed by atoms with Crippen molar-refractivity contribution in [3.63, 3.8) is 0 Å². The number of hydrogen-bond acceptors (Lipinski definition) is 4. The molecule has 0 saturated heterocycles. The quantitative estimate of drug-likeness (QED) is 0.259. The molecule has 150 valence electrons. The van der Waals surface area contributed by atoms with Crippen molar-refractivity contribution in [3.8, 4) is 5.75 Å². The number of nitrogens with one attached hydrogen (secondary N) is 3. The predicted molar refractivity (Wildman–Crippen MR) is 113 cm³/mol. The maximum Gasteiger partial charge on any atom is 0.221 e. The normalized spacial score (nSPS) is 11.0. The monoisotopic (exact) mass is 403 g/mol. The molecule has 1 heterocycles. The number of hydrogen-bond donors (Lipinski definition) is 3. The Labute approximate surface area is 170 Å². The minimum absolute atomic E-state index is 0.111. The summed E-state index contributed by atoms with van der Waals surface area (Å²) in [6.45, 7) is 5.97. The van der Waals surface area contributed by atoms with Gasteiger partial charge in [-0.2, -0.15) is 0 Å². The predicted octanol–water partition coefficient (Wildman–Crippen LogP) is 2.87. The van der Waals surface area contributed by atoms with E-state index < -0.39 is 0 Å². The number of carbonyl (C=O) groups excluding carboxylic acids is 1. The van der Waals surface area contributed by atoms with E-state index in [1.807, 2.05) is 31.2 Å². The molecule has 2 rings (SSSR count). The van der Waals surface area contributed by atoms with E-state index in [2.05, 4.69) is 25.9 Å². The molecular formula is C20H26ClN5O2. The molecule has 0 atom stereocenters. The van der Waals surface area contributed by atoms with Crippen molar-refractivity contribution in [3.05, 3.63) is 53.3 Å². The Morgan fingerprint density at radius 2 is 2.11 bits per heavy atom. The van der Waals surface area contributed by atoms with E-state index in [0.717, 1.165) is 24.5 Å². The van der Waals surface area contributed by atoms with Gasteiger partial charge < -0.3 is 20.7 Å². The Morgan fingerprint density at radius 1 is 1.25 bits per heavy atom. The number of benzene rings is 1. The average Bonchev–Trinajstić information content (AvgIpc) is 2.66. The fraction of sp³-hybridized carbons (Fsp3) is 0.350. The van der Waals surface area contributed by atoms with Crippen molar-refractivity contribution >= 4 is 29.2 Å². The van der Waals surface area contributed by atoms with Crippen molar-refractivity contribution in [1.29, 1.82) is 0 Å². The number of carbonyl (C=O) groups is 1. The van der Waals surface area contributed by atoms with Gasteiger partial charge in [0.1, 0.15) is 17.5 Å². The van der Waals surface area contributed by atoms with Gasteiger partial charge in [0.15, 0.2) is 5.96 Å². The summed E-state index contributed by atoms with van der Waals surface area (Å²) >= 11 is 5.79. The molecule has 0 unspecified atom stereocenters. The van der Waals surface area contributed by atoms with E-state index in [1.165, 1.54) is 6.92 Å². The zero-order valence-corrected chi connectivity index (χ0v) is 16.9. The summed E-state index contributed by atoms with van der Waals surface area (Å²) in [5.41, 5.74) is 1.80. The van der Waals surface area contributed by atoms with Crippen LogP contribution in [-0.4, -0.2) is 43.1 Å². The molecule has 3 N–H and O–H groups in total. The highest BCUT2D eigenvalue weighted by atomic mass is 35.5. The standard InChI is InChI=1S/C20H26ClN5O2/c1-3-22-20(23-10-9-16-7-8-19(21)25-14-16)24-11-12-28-18-6-4-5-17(13-18)26-15(2)27/h4-8,13-14H,3,9-12H2,1-2H3,(H,26,27)(H2,22,23,24). The zero-order chi connectivity index (χ0) is 20.2. The lowest BCUT2D eigenvalue weighted by molar-refractivity contribution is -0.114. The topological polar surface area (TPSA) is 87.6 Å². The van der Waals surface area contributed by atoms with Crippen molar-refractivity contribution in [1.82, 2.24) is 15.6 Å². The van der Waals surface area contributed by atoms with Crippen molar-refractivity contribution in [2.75, 3.05) is 31.6 Å². The van der Waals surface area contributed by atoms with Crippen LogP contribution >= 0.6 is 11.6 Å². The molecule has 8 heteroatoms. The highest BCUT2D eigenvalue weighted by Crippen LogP contribution is 2.17. The number of nitrogens with zero attached hydrogens (tertiary/aromatic N) is 2. The van der Waals surface area contributed by atoms with Gasteiger partial charge in [0.25, 0.3) is 0 Å². The second-order valence-electron chi connectivity index (χ2n) is 5.98. The Hall–Kier alpha value is -2.80. The molecule has 28 heavy (non-hydrogen) atoms. The van der Waals surface area contributed by atoms with Gasteiger partial charge in [0.05, 0.1) is 6.54 Å². The molecule has 1 aromatic heterocycles. The summed E-state index contributed by atoms with van der Waals surface area (Å²) in [7, 11) is 0. The summed E-state index contributed by atoms with van der Waals surface area (Å²) in [6, 6.07) is 11.0. The number of guanidine groups is 1. The molecule has 0 aliphatic rings.